The van der Waals surface area contributed by atoms with E-state index >= 15 is 0 Å². The maximum Gasteiger partial charge on any atom is 0.357 e. The topological polar surface area (TPSA) is 85.7 Å². The Hall–Kier alpha value is -3.65. The zero-order chi connectivity index (χ0) is 21.8. The number of anilines is 1. The number of carbonyl (C=O) groups excluding carboxylic acids is 2. The quantitative estimate of drug-likeness (QED) is 0.635. The molecule has 0 saturated carbocycles. The molecule has 0 unspecified atom stereocenters. The molecule has 1 N–H and O–H groups in total. The van der Waals surface area contributed by atoms with E-state index in [1.165, 1.54) is 18.9 Å². The van der Waals surface area contributed by atoms with Gasteiger partial charge in [0.05, 0.1) is 19.9 Å². The highest BCUT2D eigenvalue weighted by molar-refractivity contribution is 6.06. The van der Waals surface area contributed by atoms with Crippen LogP contribution in [0.25, 0.3) is 16.9 Å². The fourth-order valence-electron chi connectivity index (χ4n) is 3.71. The van der Waals surface area contributed by atoms with Crippen molar-refractivity contribution >= 4 is 17.6 Å². The number of esters is 2. The van der Waals surface area contributed by atoms with Crippen LogP contribution in [0.4, 0.5) is 5.69 Å². The Kier molecular flexibility index (Phi) is 5.99. The third-order valence-electron chi connectivity index (χ3n) is 5.28. The van der Waals surface area contributed by atoms with E-state index in [0.29, 0.717) is 16.9 Å². The van der Waals surface area contributed by atoms with Crippen LogP contribution in [0.1, 0.15) is 20.8 Å². The highest BCUT2D eigenvalue weighted by Gasteiger charge is 2.31. The van der Waals surface area contributed by atoms with Gasteiger partial charge in [-0.05, 0) is 24.3 Å². The van der Waals surface area contributed by atoms with Crippen molar-refractivity contribution in [3.8, 4) is 16.9 Å². The molecule has 0 radical (unpaired) electrons. The van der Waals surface area contributed by atoms with Crippen LogP contribution in [0.15, 0.2) is 54.6 Å². The van der Waals surface area contributed by atoms with Crippen LogP contribution in [0.3, 0.4) is 0 Å². The molecule has 8 nitrogen and oxygen atoms in total. The molecular weight excluding hydrogens is 396 g/mol. The van der Waals surface area contributed by atoms with Crippen molar-refractivity contribution in [1.82, 2.24) is 15.1 Å². The standard InChI is InChI=1S/C23H24N4O4/c1-30-22(28)19-20(16-8-10-17(11-9-16)26-14-12-24-13-15-26)25-27(21(19)23(29)31-2)18-6-4-3-5-7-18/h3-11,24H,12-15H2,1-2H3. The van der Waals surface area contributed by atoms with Gasteiger partial charge in [0.25, 0.3) is 0 Å². The van der Waals surface area contributed by atoms with Crippen molar-refractivity contribution in [3.63, 3.8) is 0 Å². The minimum atomic E-state index is -0.666. The summed E-state index contributed by atoms with van der Waals surface area (Å²) >= 11 is 0. The number of methoxy groups -OCH3 is 2. The van der Waals surface area contributed by atoms with Gasteiger partial charge in [-0.2, -0.15) is 5.10 Å². The first-order chi connectivity index (χ1) is 15.1. The van der Waals surface area contributed by atoms with Gasteiger partial charge in [-0.15, -0.1) is 0 Å². The van der Waals surface area contributed by atoms with Crippen molar-refractivity contribution in [2.24, 2.45) is 0 Å². The Morgan fingerprint density at radius 1 is 0.871 bits per heavy atom. The lowest BCUT2D eigenvalue weighted by molar-refractivity contribution is 0.0549. The molecule has 31 heavy (non-hydrogen) atoms. The molecule has 0 spiro atoms. The summed E-state index contributed by atoms with van der Waals surface area (Å²) in [6.45, 7) is 3.75. The maximum absolute atomic E-state index is 12.7. The molecule has 2 aromatic carbocycles. The third kappa shape index (κ3) is 4.02. The molecule has 1 fully saturated rings. The lowest BCUT2D eigenvalue weighted by atomic mass is 10.0. The number of rotatable bonds is 5. The zero-order valence-electron chi connectivity index (χ0n) is 17.5. The summed E-state index contributed by atoms with van der Waals surface area (Å²) in [6, 6.07) is 16.9. The first kappa shape index (κ1) is 20.6. The first-order valence-corrected chi connectivity index (χ1v) is 10.0. The molecule has 160 valence electrons. The molecule has 8 heteroatoms. The van der Waals surface area contributed by atoms with Gasteiger partial charge < -0.3 is 19.7 Å². The van der Waals surface area contributed by atoms with Gasteiger partial charge in [0, 0.05) is 37.4 Å². The molecule has 0 atom stereocenters. The summed E-state index contributed by atoms with van der Waals surface area (Å²) in [6.07, 6.45) is 0. The maximum atomic E-state index is 12.7. The second-order valence-corrected chi connectivity index (χ2v) is 7.09. The van der Waals surface area contributed by atoms with Crippen molar-refractivity contribution in [1.29, 1.82) is 0 Å². The number of ether oxygens (including phenoxy) is 2. The number of piperazine rings is 1. The summed E-state index contributed by atoms with van der Waals surface area (Å²) in [5.41, 5.74) is 2.91. The Bertz CT molecular complexity index is 1070. The fraction of sp³-hybridized carbons (Fsp3) is 0.261. The molecule has 1 saturated heterocycles. The van der Waals surface area contributed by atoms with Crippen LogP contribution in [0.5, 0.6) is 0 Å². The van der Waals surface area contributed by atoms with Crippen molar-refractivity contribution in [2.45, 2.75) is 0 Å². The summed E-state index contributed by atoms with van der Waals surface area (Å²) < 4.78 is 11.4. The number of benzene rings is 2. The molecule has 2 heterocycles. The largest absolute Gasteiger partial charge is 0.465 e. The van der Waals surface area contributed by atoms with Crippen LogP contribution in [0, 0.1) is 0 Å². The normalized spacial score (nSPS) is 13.7. The Labute approximate surface area is 180 Å². The van der Waals surface area contributed by atoms with Gasteiger partial charge in [0.2, 0.25) is 0 Å². The predicted molar refractivity (Wildman–Crippen MR) is 117 cm³/mol. The molecule has 1 aromatic heterocycles. The van der Waals surface area contributed by atoms with Crippen molar-refractivity contribution in [3.05, 3.63) is 65.9 Å². The van der Waals surface area contributed by atoms with E-state index in [-0.39, 0.29) is 11.3 Å². The monoisotopic (exact) mass is 420 g/mol. The smallest absolute Gasteiger partial charge is 0.357 e. The van der Waals surface area contributed by atoms with E-state index in [1.54, 1.807) is 12.1 Å². The Morgan fingerprint density at radius 2 is 1.52 bits per heavy atom. The number of hydrogen-bond donors (Lipinski definition) is 1. The van der Waals surface area contributed by atoms with Gasteiger partial charge in [-0.25, -0.2) is 14.3 Å². The second kappa shape index (κ2) is 9.01. The fourth-order valence-corrected chi connectivity index (χ4v) is 3.71. The molecule has 3 aromatic rings. The summed E-state index contributed by atoms with van der Waals surface area (Å²) in [5.74, 6) is -1.32. The van der Waals surface area contributed by atoms with Gasteiger partial charge in [0.15, 0.2) is 5.69 Å². The predicted octanol–water partition coefficient (Wildman–Crippen LogP) is 2.52. The van der Waals surface area contributed by atoms with E-state index < -0.39 is 11.9 Å². The SMILES string of the molecule is COC(=O)c1c(-c2ccc(N3CCNCC3)cc2)nn(-c2ccccc2)c1C(=O)OC. The highest BCUT2D eigenvalue weighted by Crippen LogP contribution is 2.30. The van der Waals surface area contributed by atoms with Gasteiger partial charge in [-0.1, -0.05) is 30.3 Å². The van der Waals surface area contributed by atoms with Crippen LogP contribution in [0.2, 0.25) is 0 Å². The van der Waals surface area contributed by atoms with Crippen LogP contribution in [-0.4, -0.2) is 62.1 Å². The lowest BCUT2D eigenvalue weighted by Gasteiger charge is -2.29. The summed E-state index contributed by atoms with van der Waals surface area (Å²) in [4.78, 5) is 27.7. The van der Waals surface area contributed by atoms with Crippen molar-refractivity contribution < 1.29 is 19.1 Å². The molecule has 0 aliphatic carbocycles. The third-order valence-corrected chi connectivity index (χ3v) is 5.28. The molecule has 4 rings (SSSR count). The highest BCUT2D eigenvalue weighted by atomic mass is 16.5. The second-order valence-electron chi connectivity index (χ2n) is 7.09. The number of carbonyl (C=O) groups is 2. The lowest BCUT2D eigenvalue weighted by Crippen LogP contribution is -2.43. The Balaban J connectivity index is 1.84. The molecule has 1 aliphatic rings. The van der Waals surface area contributed by atoms with Crippen molar-refractivity contribution in [2.75, 3.05) is 45.3 Å². The zero-order valence-corrected chi connectivity index (χ0v) is 17.5. The minimum Gasteiger partial charge on any atom is -0.465 e. The first-order valence-electron chi connectivity index (χ1n) is 10.0. The molecule has 0 amide bonds. The number of aromatic nitrogens is 2. The van der Waals surface area contributed by atoms with E-state index in [0.717, 1.165) is 31.9 Å². The number of para-hydroxylation sites is 1. The van der Waals surface area contributed by atoms with E-state index in [4.69, 9.17) is 9.47 Å². The average Bonchev–Trinajstić information content (AvgIpc) is 3.25. The summed E-state index contributed by atoms with van der Waals surface area (Å²) in [5, 5.41) is 7.96. The van der Waals surface area contributed by atoms with Gasteiger partial charge >= 0.3 is 11.9 Å². The number of hydrogen-bond acceptors (Lipinski definition) is 7. The van der Waals surface area contributed by atoms with E-state index in [9.17, 15) is 9.59 Å². The van der Waals surface area contributed by atoms with Gasteiger partial charge in [-0.3, -0.25) is 0 Å². The van der Waals surface area contributed by atoms with Crippen LogP contribution < -0.4 is 10.2 Å². The Morgan fingerprint density at radius 3 is 2.13 bits per heavy atom. The number of nitrogens with zero attached hydrogens (tertiary/aromatic N) is 3. The number of nitrogens with one attached hydrogen (secondary N) is 1. The van der Waals surface area contributed by atoms with Crippen LogP contribution in [-0.2, 0) is 9.47 Å². The van der Waals surface area contributed by atoms with E-state index in [1.807, 2.05) is 42.5 Å². The van der Waals surface area contributed by atoms with E-state index in [2.05, 4.69) is 15.3 Å². The molecular formula is C23H24N4O4. The summed E-state index contributed by atoms with van der Waals surface area (Å²) in [7, 11) is 2.55. The molecule has 1 aliphatic heterocycles. The molecule has 0 bridgehead atoms. The van der Waals surface area contributed by atoms with Crippen LogP contribution >= 0.6 is 0 Å². The minimum absolute atomic E-state index is 0.0294. The average molecular weight is 420 g/mol. The van der Waals surface area contributed by atoms with Gasteiger partial charge in [0.1, 0.15) is 11.3 Å².